The Bertz CT molecular complexity index is 1240. The quantitative estimate of drug-likeness (QED) is 0.408. The molecule has 9 nitrogen and oxygen atoms in total. The molecule has 3 heterocycles. The average Bonchev–Trinajstić information content (AvgIpc) is 3.32. The van der Waals surface area contributed by atoms with Gasteiger partial charge in [-0.2, -0.15) is 9.78 Å². The first-order valence-electron chi connectivity index (χ1n) is 8.32. The Morgan fingerprint density at radius 3 is 2.75 bits per heavy atom. The first-order valence-corrected chi connectivity index (χ1v) is 9.14. The number of aryl methyl sites for hydroxylation is 3. The van der Waals surface area contributed by atoms with Crippen molar-refractivity contribution in [3.05, 3.63) is 63.0 Å². The van der Waals surface area contributed by atoms with Gasteiger partial charge in [0, 0.05) is 6.07 Å². The van der Waals surface area contributed by atoms with Crippen molar-refractivity contribution in [1.82, 2.24) is 14.8 Å². The minimum Gasteiger partial charge on any atom is -0.395 e. The molecule has 0 bridgehead atoms. The van der Waals surface area contributed by atoms with Gasteiger partial charge < -0.3 is 9.73 Å². The molecule has 0 aliphatic carbocycles. The van der Waals surface area contributed by atoms with Gasteiger partial charge in [0.1, 0.15) is 10.7 Å². The first kappa shape index (κ1) is 17.9. The molecule has 0 unspecified atom stereocenters. The van der Waals surface area contributed by atoms with Gasteiger partial charge in [0.25, 0.3) is 5.91 Å². The smallest absolute Gasteiger partial charge is 0.395 e. The fourth-order valence-corrected chi connectivity index (χ4v) is 4.02. The highest BCUT2D eigenvalue weighted by molar-refractivity contribution is 7.20. The van der Waals surface area contributed by atoms with Crippen molar-refractivity contribution in [2.45, 2.75) is 20.8 Å². The van der Waals surface area contributed by atoms with Gasteiger partial charge in [-0.25, -0.2) is 4.98 Å². The highest BCUT2D eigenvalue weighted by Gasteiger charge is 2.20. The Hall–Kier alpha value is -3.53. The van der Waals surface area contributed by atoms with Crippen LogP contribution < -0.4 is 5.32 Å². The molecular weight excluding hydrogens is 382 g/mol. The standard InChI is InChI=1S/C18H15N5O4S/c1-9-6-10(2)16-13(7-9)28-18(20-16)22-14(8-11(3)21-22)19-17(24)12-4-5-15(27-12)23(25)26/h4-8H,1-3H3,(H,19,24). The number of aromatic nitrogens is 3. The van der Waals surface area contributed by atoms with Crippen LogP contribution in [0.5, 0.6) is 0 Å². The molecule has 10 heteroatoms. The van der Waals surface area contributed by atoms with E-state index in [0.717, 1.165) is 27.4 Å². The summed E-state index contributed by atoms with van der Waals surface area (Å²) in [5.74, 6) is -0.864. The minimum atomic E-state index is -0.698. The molecule has 1 N–H and O–H groups in total. The highest BCUT2D eigenvalue weighted by Crippen LogP contribution is 2.30. The van der Waals surface area contributed by atoms with E-state index in [2.05, 4.69) is 27.5 Å². The molecule has 1 amide bonds. The molecule has 4 aromatic rings. The monoisotopic (exact) mass is 397 g/mol. The summed E-state index contributed by atoms with van der Waals surface area (Å²) < 4.78 is 7.53. The average molecular weight is 397 g/mol. The fourth-order valence-electron chi connectivity index (χ4n) is 2.91. The molecule has 0 radical (unpaired) electrons. The number of anilines is 1. The second-order valence-corrected chi connectivity index (χ2v) is 7.37. The maximum absolute atomic E-state index is 12.4. The molecule has 0 saturated carbocycles. The van der Waals surface area contributed by atoms with Crippen LogP contribution in [0.3, 0.4) is 0 Å². The molecule has 0 aliphatic heterocycles. The summed E-state index contributed by atoms with van der Waals surface area (Å²) in [7, 11) is 0. The van der Waals surface area contributed by atoms with Crippen LogP contribution in [-0.2, 0) is 0 Å². The van der Waals surface area contributed by atoms with Gasteiger partial charge in [-0.1, -0.05) is 17.4 Å². The van der Waals surface area contributed by atoms with Gasteiger partial charge >= 0.3 is 5.88 Å². The number of carbonyl (C=O) groups excluding carboxylic acids is 1. The third-order valence-electron chi connectivity index (χ3n) is 4.07. The molecule has 4 rings (SSSR count). The van der Waals surface area contributed by atoms with E-state index in [4.69, 9.17) is 4.42 Å². The maximum atomic E-state index is 12.4. The number of benzene rings is 1. The van der Waals surface area contributed by atoms with Gasteiger partial charge in [0.15, 0.2) is 5.76 Å². The van der Waals surface area contributed by atoms with Gasteiger partial charge in [-0.3, -0.25) is 14.9 Å². The number of carbonyl (C=O) groups is 1. The van der Waals surface area contributed by atoms with Gasteiger partial charge in [0.2, 0.25) is 5.13 Å². The number of nitrogens with zero attached hydrogens (tertiary/aromatic N) is 4. The van der Waals surface area contributed by atoms with Crippen LogP contribution >= 0.6 is 11.3 Å². The summed E-state index contributed by atoms with van der Waals surface area (Å²) >= 11 is 1.46. The summed E-state index contributed by atoms with van der Waals surface area (Å²) in [4.78, 5) is 27.1. The lowest BCUT2D eigenvalue weighted by molar-refractivity contribution is -0.402. The molecule has 0 spiro atoms. The lowest BCUT2D eigenvalue weighted by Crippen LogP contribution is -2.14. The largest absolute Gasteiger partial charge is 0.433 e. The van der Waals surface area contributed by atoms with E-state index in [0.29, 0.717) is 16.6 Å². The highest BCUT2D eigenvalue weighted by atomic mass is 32.1. The third-order valence-corrected chi connectivity index (χ3v) is 5.05. The summed E-state index contributed by atoms with van der Waals surface area (Å²) in [6.45, 7) is 5.82. The van der Waals surface area contributed by atoms with Crippen LogP contribution in [0.1, 0.15) is 27.4 Å². The Balaban J connectivity index is 1.70. The topological polar surface area (TPSA) is 116 Å². The summed E-state index contributed by atoms with van der Waals surface area (Å²) in [5.41, 5.74) is 3.78. The van der Waals surface area contributed by atoms with Gasteiger partial charge in [0.05, 0.1) is 22.0 Å². The van der Waals surface area contributed by atoms with Crippen LogP contribution in [0.4, 0.5) is 11.7 Å². The van der Waals surface area contributed by atoms with Crippen molar-refractivity contribution >= 4 is 39.2 Å². The lowest BCUT2D eigenvalue weighted by atomic mass is 10.1. The van der Waals surface area contributed by atoms with Crippen molar-refractivity contribution < 1.29 is 14.1 Å². The SMILES string of the molecule is Cc1cc(C)c2nc(-n3nc(C)cc3NC(=O)c3ccc([N+](=O)[O-])o3)sc2c1. The van der Waals surface area contributed by atoms with E-state index in [9.17, 15) is 14.9 Å². The number of furan rings is 1. The number of hydrogen-bond donors (Lipinski definition) is 1. The van der Waals surface area contributed by atoms with E-state index >= 15 is 0 Å². The fraction of sp³-hybridized carbons (Fsp3) is 0.167. The van der Waals surface area contributed by atoms with Crippen molar-refractivity contribution in [3.63, 3.8) is 0 Å². The van der Waals surface area contributed by atoms with Crippen molar-refractivity contribution in [1.29, 1.82) is 0 Å². The zero-order valence-electron chi connectivity index (χ0n) is 15.2. The van der Waals surface area contributed by atoms with E-state index in [-0.39, 0.29) is 5.76 Å². The minimum absolute atomic E-state index is 0.159. The van der Waals surface area contributed by atoms with Crippen molar-refractivity contribution in [2.75, 3.05) is 5.32 Å². The number of hydrogen-bond acceptors (Lipinski definition) is 7. The molecule has 0 aliphatic rings. The first-order chi connectivity index (χ1) is 13.3. The maximum Gasteiger partial charge on any atom is 0.433 e. The summed E-state index contributed by atoms with van der Waals surface area (Å²) in [5, 5.41) is 18.4. The van der Waals surface area contributed by atoms with E-state index in [1.165, 1.54) is 17.4 Å². The molecule has 1 aromatic carbocycles. The number of nitrogens with one attached hydrogen (secondary N) is 1. The summed E-state index contributed by atoms with van der Waals surface area (Å²) in [6.07, 6.45) is 0. The van der Waals surface area contributed by atoms with E-state index in [1.807, 2.05) is 13.8 Å². The number of thiazole rings is 1. The van der Waals surface area contributed by atoms with Crippen molar-refractivity contribution in [2.24, 2.45) is 0 Å². The molecule has 28 heavy (non-hydrogen) atoms. The van der Waals surface area contributed by atoms with E-state index in [1.54, 1.807) is 17.7 Å². The zero-order valence-corrected chi connectivity index (χ0v) is 16.0. The van der Waals surface area contributed by atoms with Crippen LogP contribution in [0, 0.1) is 30.9 Å². The zero-order chi connectivity index (χ0) is 20.0. The Morgan fingerprint density at radius 2 is 2.04 bits per heavy atom. The Morgan fingerprint density at radius 1 is 1.25 bits per heavy atom. The predicted octanol–water partition coefficient (Wildman–Crippen LogP) is 4.16. The molecular formula is C18H15N5O4S. The van der Waals surface area contributed by atoms with Crippen LogP contribution in [0.2, 0.25) is 0 Å². The number of rotatable bonds is 4. The second kappa shape index (κ2) is 6.57. The molecule has 0 atom stereocenters. The van der Waals surface area contributed by atoms with Gasteiger partial charge in [-0.15, -0.1) is 0 Å². The Kier molecular flexibility index (Phi) is 4.19. The lowest BCUT2D eigenvalue weighted by Gasteiger charge is -2.04. The van der Waals surface area contributed by atoms with Crippen LogP contribution in [0.15, 0.2) is 34.7 Å². The van der Waals surface area contributed by atoms with Crippen LogP contribution in [-0.4, -0.2) is 25.6 Å². The Labute approximate surface area is 162 Å². The molecule has 0 fully saturated rings. The third kappa shape index (κ3) is 3.14. The molecule has 3 aromatic heterocycles. The number of amides is 1. The van der Waals surface area contributed by atoms with Crippen LogP contribution in [0.25, 0.3) is 15.3 Å². The summed E-state index contributed by atoms with van der Waals surface area (Å²) in [6, 6.07) is 8.20. The van der Waals surface area contributed by atoms with Gasteiger partial charge in [-0.05, 0) is 44.0 Å². The number of nitro groups is 1. The molecule has 0 saturated heterocycles. The molecule has 142 valence electrons. The van der Waals surface area contributed by atoms with Crippen molar-refractivity contribution in [3.8, 4) is 5.13 Å². The number of fused-ring (bicyclic) bond motifs is 1. The van der Waals surface area contributed by atoms with E-state index < -0.39 is 16.7 Å². The normalized spacial score (nSPS) is 11.1. The predicted molar refractivity (Wildman–Crippen MR) is 104 cm³/mol. The second-order valence-electron chi connectivity index (χ2n) is 6.36.